The fourth-order valence-corrected chi connectivity index (χ4v) is 2.51. The van der Waals surface area contributed by atoms with E-state index in [2.05, 4.69) is 20.4 Å². The van der Waals surface area contributed by atoms with E-state index in [1.54, 1.807) is 23.9 Å². The molecular formula is C14H19N5O3. The van der Waals surface area contributed by atoms with Gasteiger partial charge in [0, 0.05) is 25.5 Å². The number of hydrogen-bond acceptors (Lipinski definition) is 7. The molecule has 1 saturated heterocycles. The van der Waals surface area contributed by atoms with Crippen LogP contribution < -0.4 is 10.9 Å². The van der Waals surface area contributed by atoms with E-state index in [1.807, 2.05) is 6.92 Å². The quantitative estimate of drug-likeness (QED) is 0.889. The number of hydrogen-bond donors (Lipinski definition) is 1. The summed E-state index contributed by atoms with van der Waals surface area (Å²) in [5.41, 5.74) is -0.118. The van der Waals surface area contributed by atoms with Gasteiger partial charge in [-0.1, -0.05) is 5.16 Å². The highest BCUT2D eigenvalue weighted by atomic mass is 16.5. The SMILES string of the molecule is CCn1ccnc(NC[C@H]2CC[C@@H](c3nc(C)no3)O2)c1=O. The molecule has 1 N–H and O–H groups in total. The third-order valence-corrected chi connectivity index (χ3v) is 3.68. The molecule has 0 saturated carbocycles. The second kappa shape index (κ2) is 6.27. The summed E-state index contributed by atoms with van der Waals surface area (Å²) >= 11 is 0. The van der Waals surface area contributed by atoms with Crippen molar-refractivity contribution < 1.29 is 9.26 Å². The molecular weight excluding hydrogens is 286 g/mol. The van der Waals surface area contributed by atoms with Crippen molar-refractivity contribution in [3.05, 3.63) is 34.5 Å². The summed E-state index contributed by atoms with van der Waals surface area (Å²) in [6.45, 7) is 4.84. The molecule has 3 heterocycles. The molecule has 1 aliphatic heterocycles. The van der Waals surface area contributed by atoms with Crippen LogP contribution in [0.25, 0.3) is 0 Å². The first-order chi connectivity index (χ1) is 10.7. The van der Waals surface area contributed by atoms with Gasteiger partial charge in [0.1, 0.15) is 6.10 Å². The molecule has 2 atom stereocenters. The molecule has 118 valence electrons. The van der Waals surface area contributed by atoms with Crippen LogP contribution in [0.15, 0.2) is 21.7 Å². The predicted octanol–water partition coefficient (Wildman–Crippen LogP) is 1.29. The number of anilines is 1. The van der Waals surface area contributed by atoms with Crippen LogP contribution in [-0.2, 0) is 11.3 Å². The highest BCUT2D eigenvalue weighted by molar-refractivity contribution is 5.30. The molecule has 8 nitrogen and oxygen atoms in total. The van der Waals surface area contributed by atoms with Gasteiger partial charge < -0.3 is 19.1 Å². The van der Waals surface area contributed by atoms with E-state index in [0.29, 0.717) is 30.6 Å². The summed E-state index contributed by atoms with van der Waals surface area (Å²) in [6, 6.07) is 0. The van der Waals surface area contributed by atoms with Crippen molar-refractivity contribution in [2.24, 2.45) is 0 Å². The molecule has 2 aromatic rings. The second-order valence-electron chi connectivity index (χ2n) is 5.25. The number of ether oxygens (including phenoxy) is 1. The van der Waals surface area contributed by atoms with Crippen molar-refractivity contribution in [3.8, 4) is 0 Å². The van der Waals surface area contributed by atoms with Gasteiger partial charge in [0.2, 0.25) is 0 Å². The summed E-state index contributed by atoms with van der Waals surface area (Å²) in [7, 11) is 0. The first-order valence-electron chi connectivity index (χ1n) is 7.42. The zero-order valence-corrected chi connectivity index (χ0v) is 12.7. The molecule has 22 heavy (non-hydrogen) atoms. The smallest absolute Gasteiger partial charge is 0.293 e. The number of aryl methyl sites for hydroxylation is 2. The standard InChI is InChI=1S/C14H19N5O3/c1-3-19-7-6-15-12(14(19)20)16-8-10-4-5-11(21-10)13-17-9(2)18-22-13/h6-7,10-11H,3-5,8H2,1-2H3,(H,15,16)/t10-,11+/m1/s1. The van der Waals surface area contributed by atoms with Gasteiger partial charge in [-0.2, -0.15) is 4.98 Å². The maximum Gasteiger partial charge on any atom is 0.293 e. The van der Waals surface area contributed by atoms with Crippen LogP contribution in [0.5, 0.6) is 0 Å². The van der Waals surface area contributed by atoms with Crippen molar-refractivity contribution in [1.82, 2.24) is 19.7 Å². The van der Waals surface area contributed by atoms with Crippen LogP contribution in [-0.4, -0.2) is 32.3 Å². The molecule has 0 spiro atoms. The molecule has 3 rings (SSSR count). The Hall–Kier alpha value is -2.22. The second-order valence-corrected chi connectivity index (χ2v) is 5.25. The Bertz CT molecular complexity index is 696. The van der Waals surface area contributed by atoms with Crippen molar-refractivity contribution in [2.75, 3.05) is 11.9 Å². The average Bonchev–Trinajstić information content (AvgIpc) is 3.15. The van der Waals surface area contributed by atoms with E-state index in [-0.39, 0.29) is 17.8 Å². The van der Waals surface area contributed by atoms with E-state index in [0.717, 1.165) is 12.8 Å². The van der Waals surface area contributed by atoms with Gasteiger partial charge in [-0.15, -0.1) is 0 Å². The monoisotopic (exact) mass is 305 g/mol. The summed E-state index contributed by atoms with van der Waals surface area (Å²) in [4.78, 5) is 20.3. The minimum atomic E-state index is -0.163. The average molecular weight is 305 g/mol. The lowest BCUT2D eigenvalue weighted by Gasteiger charge is -2.13. The first-order valence-corrected chi connectivity index (χ1v) is 7.42. The van der Waals surface area contributed by atoms with E-state index in [1.165, 1.54) is 0 Å². The lowest BCUT2D eigenvalue weighted by Crippen LogP contribution is -2.27. The van der Waals surface area contributed by atoms with Gasteiger partial charge in [0.05, 0.1) is 6.10 Å². The van der Waals surface area contributed by atoms with Crippen LogP contribution in [0.4, 0.5) is 5.82 Å². The fraction of sp³-hybridized carbons (Fsp3) is 0.571. The summed E-state index contributed by atoms with van der Waals surface area (Å²) in [5, 5.41) is 6.85. The van der Waals surface area contributed by atoms with Crippen molar-refractivity contribution in [2.45, 2.75) is 45.4 Å². The van der Waals surface area contributed by atoms with E-state index >= 15 is 0 Å². The fourth-order valence-electron chi connectivity index (χ4n) is 2.51. The minimum absolute atomic E-state index is 0.00584. The Morgan fingerprint density at radius 1 is 1.45 bits per heavy atom. The van der Waals surface area contributed by atoms with Crippen LogP contribution in [0.1, 0.15) is 37.6 Å². The number of nitrogens with zero attached hydrogens (tertiary/aromatic N) is 4. The van der Waals surface area contributed by atoms with Crippen molar-refractivity contribution in [3.63, 3.8) is 0 Å². The molecule has 0 aromatic carbocycles. The Balaban J connectivity index is 1.58. The van der Waals surface area contributed by atoms with E-state index in [9.17, 15) is 4.79 Å². The summed E-state index contributed by atoms with van der Waals surface area (Å²) in [6.07, 6.45) is 4.82. The van der Waals surface area contributed by atoms with Crippen LogP contribution in [0, 0.1) is 6.92 Å². The maximum atomic E-state index is 12.1. The summed E-state index contributed by atoms with van der Waals surface area (Å²) < 4.78 is 12.6. The largest absolute Gasteiger partial charge is 0.363 e. The third-order valence-electron chi connectivity index (χ3n) is 3.68. The minimum Gasteiger partial charge on any atom is -0.363 e. The van der Waals surface area contributed by atoms with Crippen LogP contribution in [0.2, 0.25) is 0 Å². The zero-order valence-electron chi connectivity index (χ0n) is 12.7. The Labute approximate surface area is 127 Å². The molecule has 8 heteroatoms. The number of rotatable bonds is 5. The molecule has 0 radical (unpaired) electrons. The summed E-state index contributed by atoms with van der Waals surface area (Å²) in [5.74, 6) is 1.48. The third kappa shape index (κ3) is 3.01. The maximum absolute atomic E-state index is 12.1. The van der Waals surface area contributed by atoms with Crippen molar-refractivity contribution in [1.29, 1.82) is 0 Å². The Kier molecular flexibility index (Phi) is 4.19. The van der Waals surface area contributed by atoms with Crippen molar-refractivity contribution >= 4 is 5.82 Å². The first kappa shape index (κ1) is 14.7. The molecule has 0 bridgehead atoms. The van der Waals surface area contributed by atoms with Gasteiger partial charge in [0.15, 0.2) is 11.6 Å². The lowest BCUT2D eigenvalue weighted by molar-refractivity contribution is 0.0326. The van der Waals surface area contributed by atoms with Gasteiger partial charge in [-0.3, -0.25) is 4.79 Å². The van der Waals surface area contributed by atoms with Gasteiger partial charge in [-0.05, 0) is 26.7 Å². The molecule has 1 fully saturated rings. The van der Waals surface area contributed by atoms with E-state index < -0.39 is 0 Å². The molecule has 2 aromatic heterocycles. The molecule has 0 aliphatic carbocycles. The normalized spacial score (nSPS) is 21.2. The highest BCUT2D eigenvalue weighted by Gasteiger charge is 2.30. The Morgan fingerprint density at radius 3 is 3.05 bits per heavy atom. The van der Waals surface area contributed by atoms with Crippen LogP contribution >= 0.6 is 0 Å². The molecule has 0 unspecified atom stereocenters. The predicted molar refractivity (Wildman–Crippen MR) is 78.5 cm³/mol. The zero-order chi connectivity index (χ0) is 15.5. The lowest BCUT2D eigenvalue weighted by atomic mass is 10.2. The molecule has 1 aliphatic rings. The molecule has 0 amide bonds. The number of aromatic nitrogens is 4. The Morgan fingerprint density at radius 2 is 2.32 bits per heavy atom. The topological polar surface area (TPSA) is 95.1 Å². The van der Waals surface area contributed by atoms with Gasteiger partial charge in [0.25, 0.3) is 11.4 Å². The highest BCUT2D eigenvalue weighted by Crippen LogP contribution is 2.31. The van der Waals surface area contributed by atoms with E-state index in [4.69, 9.17) is 9.26 Å². The van der Waals surface area contributed by atoms with Gasteiger partial charge >= 0.3 is 0 Å². The van der Waals surface area contributed by atoms with Crippen LogP contribution in [0.3, 0.4) is 0 Å². The van der Waals surface area contributed by atoms with Gasteiger partial charge in [-0.25, -0.2) is 4.98 Å². The number of nitrogens with one attached hydrogen (secondary N) is 1.